The van der Waals surface area contributed by atoms with Crippen LogP contribution in [0.5, 0.6) is 11.5 Å². The van der Waals surface area contributed by atoms with Crippen LogP contribution in [0.3, 0.4) is 0 Å². The SMILES string of the molecule is Cc1noc(C(C)C)c1C(=O)NC[C@@H]1COc2ccccc2O1. The number of nitrogens with zero attached hydrogens (tertiary/aromatic N) is 1. The second-order valence-corrected chi connectivity index (χ2v) is 5.87. The minimum atomic E-state index is -0.225. The zero-order valence-corrected chi connectivity index (χ0v) is 13.5. The number of aromatic nitrogens is 1. The first-order valence-corrected chi connectivity index (χ1v) is 7.69. The summed E-state index contributed by atoms with van der Waals surface area (Å²) in [6, 6.07) is 7.49. The molecule has 0 spiro atoms. The number of aryl methyl sites for hydroxylation is 1. The normalized spacial score (nSPS) is 16.4. The van der Waals surface area contributed by atoms with Crippen LogP contribution in [-0.4, -0.2) is 30.3 Å². The minimum Gasteiger partial charge on any atom is -0.486 e. The highest BCUT2D eigenvalue weighted by atomic mass is 16.6. The number of hydrogen-bond donors (Lipinski definition) is 1. The van der Waals surface area contributed by atoms with E-state index in [4.69, 9.17) is 14.0 Å². The van der Waals surface area contributed by atoms with E-state index < -0.39 is 0 Å². The summed E-state index contributed by atoms with van der Waals surface area (Å²) in [5.74, 6) is 1.92. The minimum absolute atomic E-state index is 0.0955. The molecule has 0 radical (unpaired) electrons. The number of ether oxygens (including phenoxy) is 2. The highest BCUT2D eigenvalue weighted by Crippen LogP contribution is 2.30. The molecule has 1 atom stereocenters. The van der Waals surface area contributed by atoms with E-state index in [1.165, 1.54) is 0 Å². The van der Waals surface area contributed by atoms with E-state index >= 15 is 0 Å². The summed E-state index contributed by atoms with van der Waals surface area (Å²) in [5, 5.41) is 6.77. The van der Waals surface area contributed by atoms with Gasteiger partial charge < -0.3 is 19.3 Å². The van der Waals surface area contributed by atoms with Crippen LogP contribution in [0.1, 0.15) is 41.6 Å². The summed E-state index contributed by atoms with van der Waals surface area (Å²) in [4.78, 5) is 12.4. The van der Waals surface area contributed by atoms with Crippen LogP contribution < -0.4 is 14.8 Å². The third kappa shape index (κ3) is 3.16. The Bertz CT molecular complexity index is 708. The molecule has 1 N–H and O–H groups in total. The van der Waals surface area contributed by atoms with Crippen LogP contribution in [0, 0.1) is 6.92 Å². The molecule has 3 rings (SSSR count). The number of carbonyl (C=O) groups is 1. The third-order valence-electron chi connectivity index (χ3n) is 3.70. The molecule has 0 fully saturated rings. The molecule has 2 aromatic rings. The van der Waals surface area contributed by atoms with Crippen LogP contribution in [0.25, 0.3) is 0 Å². The van der Waals surface area contributed by atoms with Crippen molar-refractivity contribution in [3.05, 3.63) is 41.3 Å². The molecule has 2 heterocycles. The fraction of sp³-hybridized carbons (Fsp3) is 0.412. The second kappa shape index (κ2) is 6.32. The zero-order chi connectivity index (χ0) is 16.4. The molecule has 6 heteroatoms. The van der Waals surface area contributed by atoms with Gasteiger partial charge in [-0.2, -0.15) is 0 Å². The Morgan fingerprint density at radius 3 is 2.83 bits per heavy atom. The summed E-state index contributed by atoms with van der Waals surface area (Å²) in [6.45, 7) is 6.45. The topological polar surface area (TPSA) is 73.6 Å². The first kappa shape index (κ1) is 15.4. The van der Waals surface area contributed by atoms with E-state index in [0.717, 1.165) is 5.75 Å². The standard InChI is InChI=1S/C17H20N2O4/c1-10(2)16-15(11(3)19-23-16)17(20)18-8-12-9-21-13-6-4-5-7-14(13)22-12/h4-7,10,12H,8-9H2,1-3H3,(H,18,20)/t12-/m1/s1. The summed E-state index contributed by atoms with van der Waals surface area (Å²) in [5.41, 5.74) is 1.11. The van der Waals surface area contributed by atoms with Crippen LogP contribution in [0.15, 0.2) is 28.8 Å². The maximum atomic E-state index is 12.4. The fourth-order valence-corrected chi connectivity index (χ4v) is 2.52. The third-order valence-corrected chi connectivity index (χ3v) is 3.70. The molecule has 1 aromatic heterocycles. The van der Waals surface area contributed by atoms with Gasteiger partial charge in [0.2, 0.25) is 0 Å². The quantitative estimate of drug-likeness (QED) is 0.939. The van der Waals surface area contributed by atoms with Crippen molar-refractivity contribution in [2.45, 2.75) is 32.8 Å². The molecule has 122 valence electrons. The molecule has 1 aliphatic heterocycles. The summed E-state index contributed by atoms with van der Waals surface area (Å²) < 4.78 is 16.7. The lowest BCUT2D eigenvalue weighted by Crippen LogP contribution is -2.41. The van der Waals surface area contributed by atoms with Crippen molar-refractivity contribution >= 4 is 5.91 Å². The lowest BCUT2D eigenvalue weighted by atomic mass is 10.0. The van der Waals surface area contributed by atoms with Crippen LogP contribution >= 0.6 is 0 Å². The Morgan fingerprint density at radius 2 is 2.09 bits per heavy atom. The van der Waals surface area contributed by atoms with Crippen molar-refractivity contribution in [2.24, 2.45) is 0 Å². The van der Waals surface area contributed by atoms with Crippen molar-refractivity contribution in [2.75, 3.05) is 13.2 Å². The van der Waals surface area contributed by atoms with Gasteiger partial charge in [0.05, 0.1) is 12.2 Å². The first-order valence-electron chi connectivity index (χ1n) is 7.69. The number of rotatable bonds is 4. The number of carbonyl (C=O) groups excluding carboxylic acids is 1. The molecule has 0 bridgehead atoms. The molecule has 1 aliphatic rings. The Labute approximate surface area is 134 Å². The van der Waals surface area contributed by atoms with Crippen molar-refractivity contribution < 1.29 is 18.8 Å². The smallest absolute Gasteiger partial charge is 0.256 e. The molecule has 6 nitrogen and oxygen atoms in total. The molecular weight excluding hydrogens is 296 g/mol. The molecule has 0 aliphatic carbocycles. The highest BCUT2D eigenvalue weighted by molar-refractivity contribution is 5.96. The number of hydrogen-bond acceptors (Lipinski definition) is 5. The fourth-order valence-electron chi connectivity index (χ4n) is 2.52. The molecule has 0 saturated heterocycles. The van der Waals surface area contributed by atoms with E-state index in [2.05, 4.69) is 10.5 Å². The molecule has 1 aromatic carbocycles. The molecular formula is C17H20N2O4. The van der Waals surface area contributed by atoms with E-state index in [9.17, 15) is 4.79 Å². The molecule has 0 unspecified atom stereocenters. The average Bonchev–Trinajstić information content (AvgIpc) is 2.94. The van der Waals surface area contributed by atoms with Crippen molar-refractivity contribution in [3.8, 4) is 11.5 Å². The van der Waals surface area contributed by atoms with Crippen molar-refractivity contribution in [1.29, 1.82) is 0 Å². The molecule has 23 heavy (non-hydrogen) atoms. The monoisotopic (exact) mass is 316 g/mol. The Hall–Kier alpha value is -2.50. The van der Waals surface area contributed by atoms with Gasteiger partial charge in [0.1, 0.15) is 18.3 Å². The molecule has 0 saturated carbocycles. The predicted octanol–water partition coefficient (Wildman–Crippen LogP) is 2.68. The van der Waals surface area contributed by atoms with Gasteiger partial charge in [0.15, 0.2) is 17.3 Å². The predicted molar refractivity (Wildman–Crippen MR) is 84.0 cm³/mol. The van der Waals surface area contributed by atoms with Gasteiger partial charge in [-0.3, -0.25) is 4.79 Å². The van der Waals surface area contributed by atoms with Gasteiger partial charge in [0.25, 0.3) is 5.91 Å². The summed E-state index contributed by atoms with van der Waals surface area (Å²) >= 11 is 0. The number of para-hydroxylation sites is 2. The largest absolute Gasteiger partial charge is 0.486 e. The molecule has 1 amide bonds. The zero-order valence-electron chi connectivity index (χ0n) is 13.5. The lowest BCUT2D eigenvalue weighted by Gasteiger charge is -2.26. The maximum absolute atomic E-state index is 12.4. The Kier molecular flexibility index (Phi) is 4.23. The van der Waals surface area contributed by atoms with E-state index in [1.807, 2.05) is 38.1 Å². The number of nitrogens with one attached hydrogen (secondary N) is 1. The number of benzene rings is 1. The number of amides is 1. The van der Waals surface area contributed by atoms with E-state index in [0.29, 0.717) is 35.9 Å². The first-order chi connectivity index (χ1) is 11.1. The average molecular weight is 316 g/mol. The van der Waals surface area contributed by atoms with Crippen LogP contribution in [-0.2, 0) is 0 Å². The van der Waals surface area contributed by atoms with Gasteiger partial charge in [-0.05, 0) is 19.1 Å². The maximum Gasteiger partial charge on any atom is 0.256 e. The summed E-state index contributed by atoms with van der Waals surface area (Å²) in [6.07, 6.45) is -0.225. The van der Waals surface area contributed by atoms with Gasteiger partial charge in [-0.25, -0.2) is 0 Å². The van der Waals surface area contributed by atoms with Crippen molar-refractivity contribution in [3.63, 3.8) is 0 Å². The highest BCUT2D eigenvalue weighted by Gasteiger charge is 2.25. The van der Waals surface area contributed by atoms with Gasteiger partial charge >= 0.3 is 0 Å². The van der Waals surface area contributed by atoms with E-state index in [-0.39, 0.29) is 17.9 Å². The van der Waals surface area contributed by atoms with E-state index in [1.54, 1.807) is 6.92 Å². The van der Waals surface area contributed by atoms with Crippen LogP contribution in [0.2, 0.25) is 0 Å². The van der Waals surface area contributed by atoms with Crippen LogP contribution in [0.4, 0.5) is 0 Å². The summed E-state index contributed by atoms with van der Waals surface area (Å²) in [7, 11) is 0. The Morgan fingerprint density at radius 1 is 1.35 bits per heavy atom. The van der Waals surface area contributed by atoms with Gasteiger partial charge in [-0.15, -0.1) is 0 Å². The lowest BCUT2D eigenvalue weighted by molar-refractivity contribution is 0.0787. The number of fused-ring (bicyclic) bond motifs is 1. The van der Waals surface area contributed by atoms with Crippen molar-refractivity contribution in [1.82, 2.24) is 10.5 Å². The Balaban J connectivity index is 1.63. The van der Waals surface area contributed by atoms with Gasteiger partial charge in [-0.1, -0.05) is 31.1 Å². The van der Waals surface area contributed by atoms with Gasteiger partial charge in [0, 0.05) is 5.92 Å². The second-order valence-electron chi connectivity index (χ2n) is 5.87.